The molecule has 1 aromatic carbocycles. The molecule has 90 valence electrons. The van der Waals surface area contributed by atoms with Crippen LogP contribution in [0.5, 0.6) is 0 Å². The van der Waals surface area contributed by atoms with Crippen molar-refractivity contribution in [2.45, 2.75) is 10.6 Å². The summed E-state index contributed by atoms with van der Waals surface area (Å²) in [6.07, 6.45) is 1.43. The van der Waals surface area contributed by atoms with Crippen LogP contribution in [0.1, 0.15) is 5.82 Å². The molecule has 1 heterocycles. The molecule has 0 aliphatic rings. The van der Waals surface area contributed by atoms with Gasteiger partial charge in [0.05, 0.1) is 4.90 Å². The van der Waals surface area contributed by atoms with E-state index in [1.165, 1.54) is 23.0 Å². The first-order chi connectivity index (χ1) is 7.99. The van der Waals surface area contributed by atoms with E-state index in [1.807, 2.05) is 0 Å². The Morgan fingerprint density at radius 3 is 2.47 bits per heavy atom. The molecule has 5 nitrogen and oxygen atoms in total. The van der Waals surface area contributed by atoms with E-state index in [0.29, 0.717) is 5.82 Å². The zero-order chi connectivity index (χ0) is 12.5. The molecular weight excluding hydrogens is 245 g/mol. The van der Waals surface area contributed by atoms with Crippen molar-refractivity contribution in [3.63, 3.8) is 0 Å². The molecule has 0 unspecified atom stereocenters. The third-order valence-corrected chi connectivity index (χ3v) is 3.93. The largest absolute Gasteiger partial charge is 0.320 e. The Kier molecular flexibility index (Phi) is 2.93. The minimum atomic E-state index is -3.51. The summed E-state index contributed by atoms with van der Waals surface area (Å²) in [4.78, 5) is 0.0712. The number of hydrogen-bond acceptors (Lipinski definition) is 4. The van der Waals surface area contributed by atoms with Crippen LogP contribution in [0.25, 0.3) is 0 Å². The van der Waals surface area contributed by atoms with Gasteiger partial charge in [0.25, 0.3) is 0 Å². The van der Waals surface area contributed by atoms with E-state index in [9.17, 15) is 12.8 Å². The number of sulfone groups is 1. The normalized spacial score (nSPS) is 11.6. The van der Waals surface area contributed by atoms with Gasteiger partial charge in [-0.25, -0.2) is 12.8 Å². The average Bonchev–Trinajstić information content (AvgIpc) is 2.64. The fourth-order valence-corrected chi connectivity index (χ4v) is 2.65. The van der Waals surface area contributed by atoms with Crippen molar-refractivity contribution in [1.82, 2.24) is 14.8 Å². The van der Waals surface area contributed by atoms with E-state index in [1.54, 1.807) is 7.05 Å². The first-order valence-electron chi connectivity index (χ1n) is 4.80. The Labute approximate surface area is 97.8 Å². The van der Waals surface area contributed by atoms with E-state index in [2.05, 4.69) is 10.2 Å². The van der Waals surface area contributed by atoms with Gasteiger partial charge in [-0.1, -0.05) is 0 Å². The Bertz CT molecular complexity index is 619. The smallest absolute Gasteiger partial charge is 0.185 e. The number of aromatic nitrogens is 3. The van der Waals surface area contributed by atoms with Gasteiger partial charge in [-0.3, -0.25) is 0 Å². The van der Waals surface area contributed by atoms with Gasteiger partial charge in [-0.15, -0.1) is 10.2 Å². The van der Waals surface area contributed by atoms with Crippen molar-refractivity contribution in [3.8, 4) is 0 Å². The van der Waals surface area contributed by atoms with Gasteiger partial charge in [-0.2, -0.15) is 0 Å². The van der Waals surface area contributed by atoms with Crippen LogP contribution in [-0.2, 0) is 22.6 Å². The number of halogens is 1. The first-order valence-corrected chi connectivity index (χ1v) is 6.45. The lowest BCUT2D eigenvalue weighted by molar-refractivity contribution is 0.591. The van der Waals surface area contributed by atoms with Crippen LogP contribution in [-0.4, -0.2) is 23.2 Å². The predicted molar refractivity (Wildman–Crippen MR) is 58.3 cm³/mol. The maximum Gasteiger partial charge on any atom is 0.185 e. The topological polar surface area (TPSA) is 64.8 Å². The van der Waals surface area contributed by atoms with Gasteiger partial charge in [-0.05, 0) is 24.3 Å². The zero-order valence-electron chi connectivity index (χ0n) is 9.04. The fourth-order valence-electron chi connectivity index (χ4n) is 1.33. The number of hydrogen-bond donors (Lipinski definition) is 0. The van der Waals surface area contributed by atoms with E-state index in [-0.39, 0.29) is 10.6 Å². The van der Waals surface area contributed by atoms with Gasteiger partial charge in [0.2, 0.25) is 0 Å². The molecule has 17 heavy (non-hydrogen) atoms. The summed E-state index contributed by atoms with van der Waals surface area (Å²) in [6, 6.07) is 4.70. The Balaban J connectivity index is 2.31. The quantitative estimate of drug-likeness (QED) is 0.765. The minimum absolute atomic E-state index is 0.0712. The van der Waals surface area contributed by atoms with E-state index < -0.39 is 15.7 Å². The lowest BCUT2D eigenvalue weighted by Crippen LogP contribution is -2.09. The standard InChI is InChI=1S/C10H10FN3O2S/c1-14-7-12-13-10(14)6-17(15,16)9-4-2-8(11)3-5-9/h2-5,7H,6H2,1H3. The SMILES string of the molecule is Cn1cnnc1CS(=O)(=O)c1ccc(F)cc1. The second-order valence-electron chi connectivity index (χ2n) is 3.57. The molecular formula is C10H10FN3O2S. The lowest BCUT2D eigenvalue weighted by Gasteiger charge is -2.03. The molecule has 0 radical (unpaired) electrons. The molecule has 0 amide bonds. The van der Waals surface area contributed by atoms with Crippen molar-refractivity contribution in [3.05, 3.63) is 42.2 Å². The van der Waals surface area contributed by atoms with Crippen LogP contribution in [0.15, 0.2) is 35.5 Å². The number of rotatable bonds is 3. The van der Waals surface area contributed by atoms with Crippen molar-refractivity contribution < 1.29 is 12.8 Å². The Hall–Kier alpha value is -1.76. The second kappa shape index (κ2) is 4.25. The van der Waals surface area contributed by atoms with Gasteiger partial charge in [0.15, 0.2) is 9.84 Å². The number of nitrogens with zero attached hydrogens (tertiary/aromatic N) is 3. The summed E-state index contributed by atoms with van der Waals surface area (Å²) < 4.78 is 38.1. The minimum Gasteiger partial charge on any atom is -0.320 e. The van der Waals surface area contributed by atoms with Gasteiger partial charge in [0, 0.05) is 7.05 Å². The van der Waals surface area contributed by atoms with Crippen molar-refractivity contribution >= 4 is 9.84 Å². The summed E-state index contributed by atoms with van der Waals surface area (Å²) in [5.74, 6) is -0.383. The molecule has 0 saturated carbocycles. The fraction of sp³-hybridized carbons (Fsp3) is 0.200. The highest BCUT2D eigenvalue weighted by molar-refractivity contribution is 7.90. The third kappa shape index (κ3) is 2.50. The average molecular weight is 255 g/mol. The first kappa shape index (κ1) is 11.7. The highest BCUT2D eigenvalue weighted by Gasteiger charge is 2.18. The molecule has 2 rings (SSSR count). The van der Waals surface area contributed by atoms with E-state index >= 15 is 0 Å². The molecule has 7 heteroatoms. The van der Waals surface area contributed by atoms with Crippen molar-refractivity contribution in [2.75, 3.05) is 0 Å². The Morgan fingerprint density at radius 2 is 1.94 bits per heavy atom. The van der Waals surface area contributed by atoms with Crippen LogP contribution >= 0.6 is 0 Å². The van der Waals surface area contributed by atoms with Gasteiger partial charge < -0.3 is 4.57 Å². The second-order valence-corrected chi connectivity index (χ2v) is 5.56. The molecule has 0 fully saturated rings. The van der Waals surface area contributed by atoms with Gasteiger partial charge in [0.1, 0.15) is 23.7 Å². The van der Waals surface area contributed by atoms with Crippen LogP contribution < -0.4 is 0 Å². The maximum absolute atomic E-state index is 12.7. The van der Waals surface area contributed by atoms with Crippen molar-refractivity contribution in [2.24, 2.45) is 7.05 Å². The summed E-state index contributed by atoms with van der Waals surface area (Å²) in [5.41, 5.74) is 0. The summed E-state index contributed by atoms with van der Waals surface area (Å²) in [7, 11) is -1.85. The van der Waals surface area contributed by atoms with Crippen LogP contribution in [0.3, 0.4) is 0 Å². The lowest BCUT2D eigenvalue weighted by atomic mass is 10.4. The predicted octanol–water partition coefficient (Wildman–Crippen LogP) is 0.928. The molecule has 0 bridgehead atoms. The molecule has 0 aliphatic heterocycles. The van der Waals surface area contributed by atoms with E-state index in [0.717, 1.165) is 12.1 Å². The summed E-state index contributed by atoms with van der Waals surface area (Å²) in [5, 5.41) is 7.31. The van der Waals surface area contributed by atoms with Crippen molar-refractivity contribution in [1.29, 1.82) is 0 Å². The van der Waals surface area contributed by atoms with Crippen LogP contribution in [0.2, 0.25) is 0 Å². The molecule has 2 aromatic rings. The summed E-state index contributed by atoms with van der Waals surface area (Å²) >= 11 is 0. The number of aryl methyl sites for hydroxylation is 1. The highest BCUT2D eigenvalue weighted by atomic mass is 32.2. The third-order valence-electron chi connectivity index (χ3n) is 2.30. The molecule has 0 spiro atoms. The summed E-state index contributed by atoms with van der Waals surface area (Å²) in [6.45, 7) is 0. The molecule has 1 aromatic heterocycles. The monoisotopic (exact) mass is 255 g/mol. The molecule has 0 saturated heterocycles. The highest BCUT2D eigenvalue weighted by Crippen LogP contribution is 2.15. The zero-order valence-corrected chi connectivity index (χ0v) is 9.85. The maximum atomic E-state index is 12.7. The van der Waals surface area contributed by atoms with Crippen LogP contribution in [0.4, 0.5) is 4.39 Å². The van der Waals surface area contributed by atoms with E-state index in [4.69, 9.17) is 0 Å². The Morgan fingerprint density at radius 1 is 1.29 bits per heavy atom. The van der Waals surface area contributed by atoms with Gasteiger partial charge >= 0.3 is 0 Å². The molecule has 0 N–H and O–H groups in total. The number of benzene rings is 1. The molecule has 0 aliphatic carbocycles. The van der Waals surface area contributed by atoms with Crippen LogP contribution in [0, 0.1) is 5.82 Å². The molecule has 0 atom stereocenters.